The maximum Gasteiger partial charge on any atom is 0.326 e. The zero-order chi connectivity index (χ0) is 15.4. The molecule has 0 saturated carbocycles. The van der Waals surface area contributed by atoms with Crippen LogP contribution in [0.3, 0.4) is 0 Å². The Morgan fingerprint density at radius 1 is 1.36 bits per heavy atom. The number of hydrogen-bond donors (Lipinski definition) is 3. The summed E-state index contributed by atoms with van der Waals surface area (Å²) < 4.78 is 6.49. The van der Waals surface area contributed by atoms with E-state index in [1.165, 1.54) is 11.3 Å². The van der Waals surface area contributed by atoms with E-state index >= 15 is 0 Å². The van der Waals surface area contributed by atoms with Crippen molar-refractivity contribution in [3.05, 3.63) is 26.6 Å². The third kappa shape index (κ3) is 4.27. The van der Waals surface area contributed by atoms with Gasteiger partial charge in [0.25, 0.3) is 0 Å². The van der Waals surface area contributed by atoms with Gasteiger partial charge in [0.05, 0.1) is 6.61 Å². The minimum Gasteiger partial charge on any atom is -0.477 e. The predicted molar refractivity (Wildman–Crippen MR) is 93.6 cm³/mol. The second-order valence-electron chi connectivity index (χ2n) is 4.76. The number of hydrogen-bond acceptors (Lipinski definition) is 6. The first-order chi connectivity index (χ1) is 10.7. The molecule has 0 unspecified atom stereocenters. The fraction of sp³-hybridized carbons (Fsp3) is 0.308. The lowest BCUT2D eigenvalue weighted by Gasteiger charge is -2.26. The van der Waals surface area contributed by atoms with Crippen molar-refractivity contribution in [3.8, 4) is 5.88 Å². The Balaban J connectivity index is 1.53. The zero-order valence-electron chi connectivity index (χ0n) is 11.5. The second kappa shape index (κ2) is 7.20. The topological polar surface area (TPSA) is 88.2 Å². The highest BCUT2D eigenvalue weighted by Crippen LogP contribution is 2.17. The van der Waals surface area contributed by atoms with Gasteiger partial charge >= 0.3 is 6.03 Å². The summed E-state index contributed by atoms with van der Waals surface area (Å²) >= 11 is 3.56. The third-order valence-corrected chi connectivity index (χ3v) is 4.65. The molecule has 0 aliphatic carbocycles. The van der Waals surface area contributed by atoms with Crippen molar-refractivity contribution < 1.29 is 9.53 Å². The number of carbonyl (C=O) groups excluding carboxylic acids is 1. The van der Waals surface area contributed by atoms with Gasteiger partial charge in [-0.2, -0.15) is 4.98 Å². The van der Waals surface area contributed by atoms with Gasteiger partial charge in [-0.3, -0.25) is 10.6 Å². The van der Waals surface area contributed by atoms with E-state index in [0.717, 1.165) is 16.1 Å². The molecule has 2 aromatic heterocycles. The van der Waals surface area contributed by atoms with Crippen LogP contribution in [-0.4, -0.2) is 35.7 Å². The highest BCUT2D eigenvalue weighted by atomic mass is 127. The van der Waals surface area contributed by atoms with Crippen molar-refractivity contribution in [2.75, 3.05) is 30.3 Å². The van der Waals surface area contributed by atoms with Crippen molar-refractivity contribution in [1.29, 1.82) is 0 Å². The van der Waals surface area contributed by atoms with E-state index in [1.807, 2.05) is 0 Å². The van der Waals surface area contributed by atoms with Crippen LogP contribution in [0.1, 0.15) is 0 Å². The Labute approximate surface area is 145 Å². The summed E-state index contributed by atoms with van der Waals surface area (Å²) in [6.07, 6.45) is 0. The summed E-state index contributed by atoms with van der Waals surface area (Å²) in [7, 11) is 0. The normalized spacial score (nSPS) is 14.2. The number of urea groups is 1. The van der Waals surface area contributed by atoms with Gasteiger partial charge < -0.3 is 10.1 Å². The largest absolute Gasteiger partial charge is 0.477 e. The van der Waals surface area contributed by atoms with Gasteiger partial charge in [0.15, 0.2) is 3.01 Å². The quantitative estimate of drug-likeness (QED) is 0.633. The van der Waals surface area contributed by atoms with E-state index < -0.39 is 0 Å². The summed E-state index contributed by atoms with van der Waals surface area (Å²) in [6.45, 7) is 2.59. The Morgan fingerprint density at radius 3 is 2.86 bits per heavy atom. The number of anilines is 2. The number of ether oxygens (including phenoxy) is 1. The average Bonchev–Trinajstić information content (AvgIpc) is 2.82. The number of pyridine rings is 1. The van der Waals surface area contributed by atoms with Gasteiger partial charge in [-0.1, -0.05) is 6.07 Å². The van der Waals surface area contributed by atoms with Crippen molar-refractivity contribution in [2.45, 2.75) is 0 Å². The highest BCUT2D eigenvalue weighted by molar-refractivity contribution is 14.1. The monoisotopic (exact) mass is 431 g/mol. The summed E-state index contributed by atoms with van der Waals surface area (Å²) in [5.41, 5.74) is 0. The van der Waals surface area contributed by atoms with Crippen LogP contribution in [0.25, 0.3) is 0 Å². The molecule has 7 nitrogen and oxygen atoms in total. The summed E-state index contributed by atoms with van der Waals surface area (Å²) in [5.74, 6) is 2.00. The molecule has 2 amide bonds. The molecule has 1 aliphatic heterocycles. The molecule has 0 spiro atoms. The van der Waals surface area contributed by atoms with E-state index in [4.69, 9.17) is 4.74 Å². The number of thiazole rings is 1. The fourth-order valence-corrected chi connectivity index (χ4v) is 2.92. The van der Waals surface area contributed by atoms with Crippen molar-refractivity contribution >= 4 is 51.6 Å². The van der Waals surface area contributed by atoms with Crippen LogP contribution in [0, 0.1) is 8.93 Å². The molecule has 0 atom stereocenters. The number of amides is 2. The van der Waals surface area contributed by atoms with Gasteiger partial charge in [-0.05, 0) is 28.7 Å². The van der Waals surface area contributed by atoms with Crippen molar-refractivity contribution in [1.82, 2.24) is 15.3 Å². The number of nitrogens with zero attached hydrogens (tertiary/aromatic N) is 2. The maximum atomic E-state index is 11.9. The van der Waals surface area contributed by atoms with E-state index in [1.54, 1.807) is 23.6 Å². The molecule has 3 N–H and O–H groups in total. The van der Waals surface area contributed by atoms with Crippen LogP contribution < -0.4 is 20.7 Å². The molecule has 2 aromatic rings. The molecular weight excluding hydrogens is 417 g/mol. The lowest BCUT2D eigenvalue weighted by Crippen LogP contribution is -2.45. The fourth-order valence-electron chi connectivity index (χ4n) is 1.81. The first-order valence-electron chi connectivity index (χ1n) is 6.68. The van der Waals surface area contributed by atoms with E-state index in [-0.39, 0.29) is 6.03 Å². The first kappa shape index (κ1) is 15.4. The van der Waals surface area contributed by atoms with Gasteiger partial charge in [-0.15, -0.1) is 11.3 Å². The van der Waals surface area contributed by atoms with Gasteiger partial charge in [0.1, 0.15) is 11.6 Å². The molecule has 1 fully saturated rings. The smallest absolute Gasteiger partial charge is 0.326 e. The lowest BCUT2D eigenvalue weighted by molar-refractivity contribution is 0.193. The van der Waals surface area contributed by atoms with Crippen molar-refractivity contribution in [3.63, 3.8) is 0 Å². The van der Waals surface area contributed by atoms with Gasteiger partial charge in [-0.25, -0.2) is 9.78 Å². The standard InChI is InChI=1S/C13H14IN5O2S/c14-12-17-10(7-22-12)19-13(20)18-9-2-1-3-11(16-9)21-6-8-4-15-5-8/h1-3,7-8,15H,4-6H2,(H2,16,18,19,20). The van der Waals surface area contributed by atoms with Crippen LogP contribution in [0.2, 0.25) is 0 Å². The number of halogens is 1. The summed E-state index contributed by atoms with van der Waals surface area (Å²) in [6, 6.07) is 4.90. The average molecular weight is 431 g/mol. The predicted octanol–water partition coefficient (Wildman–Crippen LogP) is 2.38. The van der Waals surface area contributed by atoms with Gasteiger partial charge in [0.2, 0.25) is 5.88 Å². The molecule has 0 radical (unpaired) electrons. The number of aromatic nitrogens is 2. The Bertz CT molecular complexity index is 661. The molecular formula is C13H14IN5O2S. The molecule has 9 heteroatoms. The Morgan fingerprint density at radius 2 is 2.18 bits per heavy atom. The maximum absolute atomic E-state index is 11.9. The number of carbonyl (C=O) groups is 1. The number of nitrogens with one attached hydrogen (secondary N) is 3. The molecule has 3 heterocycles. The zero-order valence-corrected chi connectivity index (χ0v) is 14.5. The van der Waals surface area contributed by atoms with Crippen LogP contribution in [-0.2, 0) is 0 Å². The van der Waals surface area contributed by atoms with Crippen LogP contribution in [0.15, 0.2) is 23.6 Å². The SMILES string of the molecule is O=C(Nc1cccc(OCC2CNC2)n1)Nc1csc(I)n1. The summed E-state index contributed by atoms with van der Waals surface area (Å²) in [5, 5.41) is 10.3. The first-order valence-corrected chi connectivity index (χ1v) is 8.64. The molecule has 0 aromatic carbocycles. The lowest BCUT2D eigenvalue weighted by atomic mass is 10.1. The Hall–Kier alpha value is -1.46. The number of rotatable bonds is 5. The minimum atomic E-state index is -0.380. The second-order valence-corrected chi connectivity index (χ2v) is 7.37. The summed E-state index contributed by atoms with van der Waals surface area (Å²) in [4.78, 5) is 20.3. The molecule has 3 rings (SSSR count). The van der Waals surface area contributed by atoms with E-state index in [0.29, 0.717) is 30.0 Å². The highest BCUT2D eigenvalue weighted by Gasteiger charge is 2.17. The Kier molecular flexibility index (Phi) is 5.05. The van der Waals surface area contributed by atoms with Crippen molar-refractivity contribution in [2.24, 2.45) is 5.92 Å². The molecule has 1 aliphatic rings. The van der Waals surface area contributed by atoms with Crippen LogP contribution in [0.4, 0.5) is 16.4 Å². The van der Waals surface area contributed by atoms with Crippen LogP contribution in [0.5, 0.6) is 5.88 Å². The van der Waals surface area contributed by atoms with E-state index in [2.05, 4.69) is 48.5 Å². The van der Waals surface area contributed by atoms with E-state index in [9.17, 15) is 4.79 Å². The third-order valence-electron chi connectivity index (χ3n) is 3.02. The molecule has 1 saturated heterocycles. The molecule has 22 heavy (non-hydrogen) atoms. The molecule has 116 valence electrons. The molecule has 0 bridgehead atoms. The van der Waals surface area contributed by atoms with Crippen LogP contribution >= 0.6 is 33.9 Å². The minimum absolute atomic E-state index is 0.380. The van der Waals surface area contributed by atoms with Gasteiger partial charge in [0, 0.05) is 30.5 Å².